The minimum atomic E-state index is -3.91. The molecule has 7 nitrogen and oxygen atoms in total. The van der Waals surface area contributed by atoms with Gasteiger partial charge in [0.2, 0.25) is 10.0 Å². The zero-order valence-electron chi connectivity index (χ0n) is 12.1. The molecule has 1 aromatic rings. The highest BCUT2D eigenvalue weighted by atomic mass is 32.2. The molecule has 0 fully saturated rings. The van der Waals surface area contributed by atoms with E-state index in [1.807, 2.05) is 6.92 Å². The summed E-state index contributed by atoms with van der Waals surface area (Å²) in [6, 6.07) is 4.31. The van der Waals surface area contributed by atoms with Crippen molar-refractivity contribution >= 4 is 16.0 Å². The molecule has 0 spiro atoms. The van der Waals surface area contributed by atoms with Gasteiger partial charge in [-0.1, -0.05) is 0 Å². The minimum absolute atomic E-state index is 0.0235. The maximum Gasteiger partial charge on any atom is 0.336 e. The minimum Gasteiger partial charge on any atom is -0.494 e. The Bertz CT molecular complexity index is 624. The molecule has 0 heterocycles. The SMILES string of the molecule is CCOc1ccc(S(=O)(=O)NCC(C)(O)C(=O)O)cc1C. The second-order valence-corrected chi connectivity index (χ2v) is 6.53. The number of aliphatic carboxylic acids is 1. The van der Waals surface area contributed by atoms with Crippen LogP contribution in [0.2, 0.25) is 0 Å². The van der Waals surface area contributed by atoms with Crippen molar-refractivity contribution in [2.45, 2.75) is 31.3 Å². The molecule has 0 saturated carbocycles. The van der Waals surface area contributed by atoms with E-state index in [-0.39, 0.29) is 4.90 Å². The van der Waals surface area contributed by atoms with Crippen LogP contribution < -0.4 is 9.46 Å². The van der Waals surface area contributed by atoms with E-state index in [9.17, 15) is 18.3 Å². The zero-order valence-corrected chi connectivity index (χ0v) is 12.9. The van der Waals surface area contributed by atoms with E-state index in [1.54, 1.807) is 6.92 Å². The Hall–Kier alpha value is -1.64. The van der Waals surface area contributed by atoms with Gasteiger partial charge >= 0.3 is 5.97 Å². The van der Waals surface area contributed by atoms with Crippen molar-refractivity contribution in [3.8, 4) is 5.75 Å². The number of benzene rings is 1. The molecule has 0 aliphatic heterocycles. The van der Waals surface area contributed by atoms with E-state index < -0.39 is 28.1 Å². The lowest BCUT2D eigenvalue weighted by Crippen LogP contribution is -2.46. The Kier molecular flexibility index (Phi) is 5.32. The van der Waals surface area contributed by atoms with Gasteiger partial charge < -0.3 is 14.9 Å². The van der Waals surface area contributed by atoms with Crippen molar-refractivity contribution in [1.29, 1.82) is 0 Å². The van der Waals surface area contributed by atoms with Crippen LogP contribution in [0.4, 0.5) is 0 Å². The molecule has 0 aromatic heterocycles. The number of carboxylic acids is 1. The van der Waals surface area contributed by atoms with Crippen molar-refractivity contribution in [3.63, 3.8) is 0 Å². The third-order valence-corrected chi connectivity index (χ3v) is 4.22. The smallest absolute Gasteiger partial charge is 0.336 e. The summed E-state index contributed by atoms with van der Waals surface area (Å²) in [5.74, 6) is -0.929. The highest BCUT2D eigenvalue weighted by Crippen LogP contribution is 2.21. The quantitative estimate of drug-likeness (QED) is 0.675. The molecule has 1 aromatic carbocycles. The molecule has 21 heavy (non-hydrogen) atoms. The molecular formula is C13H19NO6S. The third kappa shape index (κ3) is 4.42. The topological polar surface area (TPSA) is 113 Å². The molecule has 0 bridgehead atoms. The van der Waals surface area contributed by atoms with Crippen LogP contribution in [0.1, 0.15) is 19.4 Å². The number of carboxylic acid groups (broad SMARTS) is 1. The fourth-order valence-corrected chi connectivity index (χ4v) is 2.72. The Balaban J connectivity index is 2.94. The first kappa shape index (κ1) is 17.4. The van der Waals surface area contributed by atoms with Crippen LogP contribution in [0.25, 0.3) is 0 Å². The van der Waals surface area contributed by atoms with Crippen molar-refractivity contribution in [1.82, 2.24) is 4.72 Å². The van der Waals surface area contributed by atoms with Crippen LogP contribution in [0.3, 0.4) is 0 Å². The lowest BCUT2D eigenvalue weighted by Gasteiger charge is -2.18. The first-order valence-corrected chi connectivity index (χ1v) is 7.77. The van der Waals surface area contributed by atoms with Gasteiger partial charge in [0, 0.05) is 0 Å². The number of nitrogens with one attached hydrogen (secondary N) is 1. The maximum absolute atomic E-state index is 12.1. The average molecular weight is 317 g/mol. The molecule has 8 heteroatoms. The molecule has 0 aliphatic rings. The van der Waals surface area contributed by atoms with E-state index in [2.05, 4.69) is 4.72 Å². The average Bonchev–Trinajstić information content (AvgIpc) is 2.39. The highest BCUT2D eigenvalue weighted by Gasteiger charge is 2.31. The van der Waals surface area contributed by atoms with Gasteiger partial charge in [-0.2, -0.15) is 0 Å². The van der Waals surface area contributed by atoms with E-state index in [4.69, 9.17) is 9.84 Å². The maximum atomic E-state index is 12.1. The fourth-order valence-electron chi connectivity index (χ4n) is 1.50. The fraction of sp³-hybridized carbons (Fsp3) is 0.462. The molecule has 0 aliphatic carbocycles. The van der Waals surface area contributed by atoms with Crippen LogP contribution in [-0.2, 0) is 14.8 Å². The molecule has 0 radical (unpaired) electrons. The summed E-state index contributed by atoms with van der Waals surface area (Å²) < 4.78 is 31.5. The van der Waals surface area contributed by atoms with E-state index >= 15 is 0 Å². The van der Waals surface area contributed by atoms with Crippen LogP contribution >= 0.6 is 0 Å². The van der Waals surface area contributed by atoms with Gasteiger partial charge in [0.05, 0.1) is 18.0 Å². The Morgan fingerprint density at radius 1 is 1.43 bits per heavy atom. The number of hydrogen-bond donors (Lipinski definition) is 3. The van der Waals surface area contributed by atoms with Gasteiger partial charge in [-0.15, -0.1) is 0 Å². The largest absolute Gasteiger partial charge is 0.494 e. The predicted molar refractivity (Wildman–Crippen MR) is 75.8 cm³/mol. The van der Waals surface area contributed by atoms with E-state index in [1.165, 1.54) is 18.2 Å². The van der Waals surface area contributed by atoms with Gasteiger partial charge in [0.15, 0.2) is 5.60 Å². The predicted octanol–water partition coefficient (Wildman–Crippen LogP) is 0.508. The van der Waals surface area contributed by atoms with Gasteiger partial charge in [0.25, 0.3) is 0 Å². The summed E-state index contributed by atoms with van der Waals surface area (Å²) >= 11 is 0. The van der Waals surface area contributed by atoms with Gasteiger partial charge in [-0.05, 0) is 44.5 Å². The van der Waals surface area contributed by atoms with E-state index in [0.717, 1.165) is 6.92 Å². The van der Waals surface area contributed by atoms with Crippen molar-refractivity contribution in [2.75, 3.05) is 13.2 Å². The zero-order chi connectivity index (χ0) is 16.3. The van der Waals surface area contributed by atoms with Crippen LogP contribution in [-0.4, -0.2) is 43.4 Å². The van der Waals surface area contributed by atoms with Crippen LogP contribution in [0, 0.1) is 6.92 Å². The number of hydrogen-bond acceptors (Lipinski definition) is 5. The van der Waals surface area contributed by atoms with Crippen LogP contribution in [0.5, 0.6) is 5.75 Å². The first-order chi connectivity index (χ1) is 9.60. The lowest BCUT2D eigenvalue weighted by molar-refractivity contribution is -0.155. The van der Waals surface area contributed by atoms with Gasteiger partial charge in [-0.3, -0.25) is 0 Å². The summed E-state index contributed by atoms with van der Waals surface area (Å²) in [5.41, 5.74) is -1.53. The monoisotopic (exact) mass is 317 g/mol. The molecule has 0 amide bonds. The second kappa shape index (κ2) is 6.42. The first-order valence-electron chi connectivity index (χ1n) is 6.29. The summed E-state index contributed by atoms with van der Waals surface area (Å²) in [6.07, 6.45) is 0. The summed E-state index contributed by atoms with van der Waals surface area (Å²) in [7, 11) is -3.91. The molecule has 3 N–H and O–H groups in total. The van der Waals surface area contributed by atoms with Crippen LogP contribution in [0.15, 0.2) is 23.1 Å². The molecule has 1 unspecified atom stereocenters. The molecule has 1 rings (SSSR count). The third-order valence-electron chi connectivity index (χ3n) is 2.82. The summed E-state index contributed by atoms with van der Waals surface area (Å²) in [4.78, 5) is 10.7. The number of aryl methyl sites for hydroxylation is 1. The van der Waals surface area contributed by atoms with Crippen molar-refractivity contribution in [2.24, 2.45) is 0 Å². The number of carbonyl (C=O) groups is 1. The van der Waals surface area contributed by atoms with Gasteiger partial charge in [0.1, 0.15) is 5.75 Å². The summed E-state index contributed by atoms with van der Waals surface area (Å²) in [6.45, 7) is 4.38. The Morgan fingerprint density at radius 3 is 2.52 bits per heavy atom. The number of ether oxygens (including phenoxy) is 1. The number of rotatable bonds is 7. The lowest BCUT2D eigenvalue weighted by atomic mass is 10.1. The highest BCUT2D eigenvalue weighted by molar-refractivity contribution is 7.89. The van der Waals surface area contributed by atoms with Gasteiger partial charge in [-0.25, -0.2) is 17.9 Å². The number of aliphatic hydroxyl groups is 1. The van der Waals surface area contributed by atoms with E-state index in [0.29, 0.717) is 17.9 Å². The second-order valence-electron chi connectivity index (χ2n) is 4.76. The molecule has 118 valence electrons. The molecular weight excluding hydrogens is 298 g/mol. The van der Waals surface area contributed by atoms with Crippen molar-refractivity contribution in [3.05, 3.63) is 23.8 Å². The van der Waals surface area contributed by atoms with Crippen molar-refractivity contribution < 1.29 is 28.2 Å². The Labute approximate surface area is 123 Å². The number of sulfonamides is 1. The summed E-state index contributed by atoms with van der Waals surface area (Å²) in [5, 5.41) is 18.3. The molecule has 1 atom stereocenters. The Morgan fingerprint density at radius 2 is 2.05 bits per heavy atom. The standard InChI is InChI=1S/C13H19NO6S/c1-4-20-11-6-5-10(7-9(11)2)21(18,19)14-8-13(3,17)12(15)16/h5-7,14,17H,4,8H2,1-3H3,(H,15,16). The normalized spacial score (nSPS) is 14.5. The molecule has 0 saturated heterocycles.